The molecule has 0 radical (unpaired) electrons. The van der Waals surface area contributed by atoms with E-state index in [0.29, 0.717) is 0 Å². The second-order valence-electron chi connectivity index (χ2n) is 3.83. The number of hydrogen-bond donors (Lipinski definition) is 1. The quantitative estimate of drug-likeness (QED) is 0.895. The van der Waals surface area contributed by atoms with Gasteiger partial charge in [0, 0.05) is 6.20 Å². The van der Waals surface area contributed by atoms with Crippen LogP contribution < -0.4 is 5.32 Å². The van der Waals surface area contributed by atoms with Crippen LogP contribution in [-0.2, 0) is 6.18 Å². The summed E-state index contributed by atoms with van der Waals surface area (Å²) in [4.78, 5) is 3.94. The molecule has 2 rings (SSSR count). The van der Waals surface area contributed by atoms with Crippen molar-refractivity contribution >= 4 is 23.1 Å². The van der Waals surface area contributed by atoms with Crippen LogP contribution in [0.4, 0.5) is 24.7 Å². The largest absolute Gasteiger partial charge is 0.416 e. The zero-order valence-corrected chi connectivity index (χ0v) is 10.6. The molecule has 20 heavy (non-hydrogen) atoms. The Morgan fingerprint density at radius 2 is 2.00 bits per heavy atom. The van der Waals surface area contributed by atoms with Crippen molar-refractivity contribution in [2.45, 2.75) is 6.18 Å². The van der Waals surface area contributed by atoms with Gasteiger partial charge in [0.15, 0.2) is 0 Å². The van der Waals surface area contributed by atoms with E-state index in [0.717, 1.165) is 12.1 Å². The van der Waals surface area contributed by atoms with Gasteiger partial charge in [0.05, 0.1) is 21.8 Å². The summed E-state index contributed by atoms with van der Waals surface area (Å²) in [6.45, 7) is 0. The topological polar surface area (TPSA) is 48.7 Å². The average Bonchev–Trinajstić information content (AvgIpc) is 2.40. The van der Waals surface area contributed by atoms with E-state index in [1.54, 1.807) is 6.07 Å². The van der Waals surface area contributed by atoms with E-state index in [4.69, 9.17) is 16.9 Å². The number of nitriles is 1. The van der Waals surface area contributed by atoms with Crippen LogP contribution in [0.15, 0.2) is 36.5 Å². The molecule has 0 saturated carbocycles. The molecule has 0 aliphatic heterocycles. The van der Waals surface area contributed by atoms with E-state index in [2.05, 4.69) is 10.3 Å². The second kappa shape index (κ2) is 5.39. The molecule has 1 aromatic carbocycles. The van der Waals surface area contributed by atoms with Gasteiger partial charge in [-0.15, -0.1) is 0 Å². The van der Waals surface area contributed by atoms with Gasteiger partial charge in [0.1, 0.15) is 11.9 Å². The third-order valence-corrected chi connectivity index (χ3v) is 2.79. The van der Waals surface area contributed by atoms with Gasteiger partial charge >= 0.3 is 6.18 Å². The highest BCUT2D eigenvalue weighted by Crippen LogP contribution is 2.34. The molecule has 0 saturated heterocycles. The standard InChI is InChI=1S/C13H7ClF3N3/c14-10-6-9(13(15,16)17)3-4-11(10)20-12-8(7-18)2-1-5-19-12/h1-6H,(H,19,20). The molecular weight excluding hydrogens is 291 g/mol. The minimum Gasteiger partial charge on any atom is -0.338 e. The van der Waals surface area contributed by atoms with Gasteiger partial charge in [0.2, 0.25) is 0 Å². The van der Waals surface area contributed by atoms with E-state index in [1.807, 2.05) is 6.07 Å². The first-order valence-corrected chi connectivity index (χ1v) is 5.78. The minimum atomic E-state index is -4.45. The van der Waals surface area contributed by atoms with Crippen LogP contribution in [0.1, 0.15) is 11.1 Å². The molecule has 0 fully saturated rings. The van der Waals surface area contributed by atoms with Gasteiger partial charge in [-0.05, 0) is 30.3 Å². The summed E-state index contributed by atoms with van der Waals surface area (Å²) in [5.41, 5.74) is -0.326. The van der Waals surface area contributed by atoms with Gasteiger partial charge in [0.25, 0.3) is 0 Å². The van der Waals surface area contributed by atoms with Crippen LogP contribution in [0.25, 0.3) is 0 Å². The summed E-state index contributed by atoms with van der Waals surface area (Å²) >= 11 is 5.81. The number of benzene rings is 1. The van der Waals surface area contributed by atoms with Crippen molar-refractivity contribution in [2.75, 3.05) is 5.32 Å². The molecule has 0 bridgehead atoms. The van der Waals surface area contributed by atoms with Crippen LogP contribution in [-0.4, -0.2) is 4.98 Å². The van der Waals surface area contributed by atoms with Crippen LogP contribution in [0.3, 0.4) is 0 Å². The molecule has 0 amide bonds. The Morgan fingerprint density at radius 1 is 1.25 bits per heavy atom. The smallest absolute Gasteiger partial charge is 0.338 e. The number of aromatic nitrogens is 1. The lowest BCUT2D eigenvalue weighted by atomic mass is 10.2. The summed E-state index contributed by atoms with van der Waals surface area (Å²) in [5.74, 6) is 0.233. The zero-order valence-electron chi connectivity index (χ0n) is 9.87. The Kier molecular flexibility index (Phi) is 3.81. The van der Waals surface area contributed by atoms with Gasteiger partial charge < -0.3 is 5.32 Å². The molecule has 1 N–H and O–H groups in total. The monoisotopic (exact) mass is 297 g/mol. The number of anilines is 2. The predicted octanol–water partition coefficient (Wildman–Crippen LogP) is 4.37. The predicted molar refractivity (Wildman–Crippen MR) is 68.7 cm³/mol. The molecule has 1 aromatic heterocycles. The van der Waals surface area contributed by atoms with Crippen LogP contribution in [0.2, 0.25) is 5.02 Å². The number of nitrogens with one attached hydrogen (secondary N) is 1. The fourth-order valence-electron chi connectivity index (χ4n) is 1.52. The molecule has 0 aliphatic rings. The number of pyridine rings is 1. The van der Waals surface area contributed by atoms with Crippen LogP contribution in [0, 0.1) is 11.3 Å². The highest BCUT2D eigenvalue weighted by molar-refractivity contribution is 6.33. The first-order valence-electron chi connectivity index (χ1n) is 5.40. The number of rotatable bonds is 2. The number of halogens is 4. The Morgan fingerprint density at radius 3 is 2.60 bits per heavy atom. The van der Waals surface area contributed by atoms with Crippen LogP contribution >= 0.6 is 11.6 Å². The second-order valence-corrected chi connectivity index (χ2v) is 4.24. The molecule has 0 atom stereocenters. The molecule has 0 spiro atoms. The fourth-order valence-corrected chi connectivity index (χ4v) is 1.74. The molecule has 0 aliphatic carbocycles. The summed E-state index contributed by atoms with van der Waals surface area (Å²) in [6.07, 6.45) is -2.99. The fraction of sp³-hybridized carbons (Fsp3) is 0.0769. The average molecular weight is 298 g/mol. The minimum absolute atomic E-state index is 0.102. The highest BCUT2D eigenvalue weighted by Gasteiger charge is 2.30. The Hall–Kier alpha value is -2.26. The van der Waals surface area contributed by atoms with Crippen molar-refractivity contribution in [1.82, 2.24) is 4.98 Å². The van der Waals surface area contributed by atoms with Crippen molar-refractivity contribution in [3.05, 3.63) is 52.7 Å². The third-order valence-electron chi connectivity index (χ3n) is 2.48. The molecule has 3 nitrogen and oxygen atoms in total. The van der Waals surface area contributed by atoms with Crippen LogP contribution in [0.5, 0.6) is 0 Å². The number of hydrogen-bond acceptors (Lipinski definition) is 3. The first kappa shape index (κ1) is 14.2. The maximum Gasteiger partial charge on any atom is 0.416 e. The maximum atomic E-state index is 12.5. The van der Waals surface area contributed by atoms with Crippen molar-refractivity contribution in [1.29, 1.82) is 5.26 Å². The lowest BCUT2D eigenvalue weighted by molar-refractivity contribution is -0.137. The molecule has 0 unspecified atom stereocenters. The summed E-state index contributed by atoms with van der Waals surface area (Å²) in [7, 11) is 0. The molecule has 7 heteroatoms. The lowest BCUT2D eigenvalue weighted by Crippen LogP contribution is -2.05. The number of alkyl halides is 3. The summed E-state index contributed by atoms with van der Waals surface area (Å²) < 4.78 is 37.5. The van der Waals surface area contributed by atoms with Gasteiger partial charge in [-0.3, -0.25) is 0 Å². The normalized spacial score (nSPS) is 10.9. The van der Waals surface area contributed by atoms with Crippen molar-refractivity contribution < 1.29 is 13.2 Å². The molecule has 2 aromatic rings. The number of nitrogens with zero attached hydrogens (tertiary/aromatic N) is 2. The van der Waals surface area contributed by atoms with Crippen molar-refractivity contribution in [3.63, 3.8) is 0 Å². The van der Waals surface area contributed by atoms with Gasteiger partial charge in [-0.2, -0.15) is 18.4 Å². The Balaban J connectivity index is 2.34. The SMILES string of the molecule is N#Cc1cccnc1Nc1ccc(C(F)(F)F)cc1Cl. The lowest BCUT2D eigenvalue weighted by Gasteiger charge is -2.11. The van der Waals surface area contributed by atoms with E-state index in [1.165, 1.54) is 18.3 Å². The van der Waals surface area contributed by atoms with E-state index >= 15 is 0 Å². The van der Waals surface area contributed by atoms with E-state index in [-0.39, 0.29) is 22.1 Å². The molecule has 1 heterocycles. The Labute approximate surface area is 117 Å². The van der Waals surface area contributed by atoms with E-state index < -0.39 is 11.7 Å². The van der Waals surface area contributed by atoms with Crippen molar-refractivity contribution in [2.24, 2.45) is 0 Å². The summed E-state index contributed by atoms with van der Waals surface area (Å²) in [5, 5.41) is 11.5. The van der Waals surface area contributed by atoms with Crippen molar-refractivity contribution in [3.8, 4) is 6.07 Å². The first-order chi connectivity index (χ1) is 9.41. The third kappa shape index (κ3) is 3.00. The van der Waals surface area contributed by atoms with Gasteiger partial charge in [-0.25, -0.2) is 4.98 Å². The zero-order chi connectivity index (χ0) is 14.8. The molecule has 102 valence electrons. The maximum absolute atomic E-state index is 12.5. The van der Waals surface area contributed by atoms with Gasteiger partial charge in [-0.1, -0.05) is 11.6 Å². The van der Waals surface area contributed by atoms with E-state index in [9.17, 15) is 13.2 Å². The summed E-state index contributed by atoms with van der Waals surface area (Å²) in [6, 6.07) is 7.96. The molecular formula is C13H7ClF3N3. The Bertz CT molecular complexity index is 677. The highest BCUT2D eigenvalue weighted by atomic mass is 35.5.